The van der Waals surface area contributed by atoms with Crippen LogP contribution in [0.3, 0.4) is 0 Å². The Bertz CT molecular complexity index is 1350. The molecule has 1 aliphatic heterocycles. The van der Waals surface area contributed by atoms with Gasteiger partial charge in [0, 0.05) is 32.1 Å². The maximum Gasteiger partial charge on any atom is 0.308 e. The van der Waals surface area contributed by atoms with Gasteiger partial charge in [0.1, 0.15) is 0 Å². The van der Waals surface area contributed by atoms with Crippen molar-refractivity contribution in [3.05, 3.63) is 63.3 Å². The summed E-state index contributed by atoms with van der Waals surface area (Å²) < 4.78 is 31.4. The average Bonchev–Trinajstić information content (AvgIpc) is 3.45. The molecule has 5 rings (SSSR count). The summed E-state index contributed by atoms with van der Waals surface area (Å²) in [7, 11) is -3.75. The van der Waals surface area contributed by atoms with Gasteiger partial charge in [-0.25, -0.2) is 13.1 Å². The lowest BCUT2D eigenvalue weighted by atomic mass is 9.88. The molecule has 0 radical (unpaired) electrons. The number of rotatable bonds is 6. The SMILES string of the molecule is O=C(CCn1c(=O)sc2cc(S(=O)(=O)N[C@H]3CCCc4ccccc43)ccc21)N1CCCC1. The lowest BCUT2D eigenvalue weighted by Gasteiger charge is -2.26. The maximum absolute atomic E-state index is 13.2. The Balaban J connectivity index is 1.36. The fourth-order valence-corrected chi connectivity index (χ4v) is 7.20. The second kappa shape index (κ2) is 9.04. The average molecular weight is 486 g/mol. The summed E-state index contributed by atoms with van der Waals surface area (Å²) >= 11 is 1.02. The predicted octanol–water partition coefficient (Wildman–Crippen LogP) is 3.43. The van der Waals surface area contributed by atoms with Gasteiger partial charge in [-0.1, -0.05) is 35.6 Å². The van der Waals surface area contributed by atoms with E-state index in [-0.39, 0.29) is 28.1 Å². The first-order valence-electron chi connectivity index (χ1n) is 11.4. The van der Waals surface area contributed by atoms with Crippen LogP contribution in [0.5, 0.6) is 0 Å². The van der Waals surface area contributed by atoms with Crippen molar-refractivity contribution in [3.63, 3.8) is 0 Å². The van der Waals surface area contributed by atoms with Crippen molar-refractivity contribution in [2.24, 2.45) is 0 Å². The number of thiazole rings is 1. The summed E-state index contributed by atoms with van der Waals surface area (Å²) in [6, 6.07) is 12.5. The molecule has 0 saturated carbocycles. The minimum atomic E-state index is -3.75. The summed E-state index contributed by atoms with van der Waals surface area (Å²) in [6.45, 7) is 1.88. The second-order valence-corrected chi connectivity index (χ2v) is 11.5. The number of hydrogen-bond donors (Lipinski definition) is 1. The number of nitrogens with one attached hydrogen (secondary N) is 1. The van der Waals surface area contributed by atoms with Crippen molar-refractivity contribution in [3.8, 4) is 0 Å². The van der Waals surface area contributed by atoms with Gasteiger partial charge < -0.3 is 4.90 Å². The molecule has 1 fully saturated rings. The molecule has 0 unspecified atom stereocenters. The maximum atomic E-state index is 13.2. The molecule has 7 nitrogen and oxygen atoms in total. The molecule has 2 aliphatic rings. The van der Waals surface area contributed by atoms with E-state index in [0.717, 1.165) is 62.1 Å². The Morgan fingerprint density at radius 2 is 1.88 bits per heavy atom. The van der Waals surface area contributed by atoms with Gasteiger partial charge in [0.25, 0.3) is 0 Å². The van der Waals surface area contributed by atoms with Crippen LogP contribution in [0.4, 0.5) is 0 Å². The number of sulfonamides is 1. The van der Waals surface area contributed by atoms with E-state index in [1.807, 2.05) is 23.1 Å². The van der Waals surface area contributed by atoms with Gasteiger partial charge in [0.05, 0.1) is 15.1 Å². The second-order valence-electron chi connectivity index (χ2n) is 8.75. The number of amides is 1. The molecular weight excluding hydrogens is 458 g/mol. The third-order valence-corrected chi connectivity index (χ3v) is 9.04. The van der Waals surface area contributed by atoms with Gasteiger partial charge in [-0.2, -0.15) is 0 Å². The number of fused-ring (bicyclic) bond motifs is 2. The van der Waals surface area contributed by atoms with Gasteiger partial charge >= 0.3 is 4.87 Å². The molecule has 2 aromatic carbocycles. The molecule has 2 heterocycles. The fourth-order valence-electron chi connectivity index (χ4n) is 4.89. The Hall–Kier alpha value is -2.49. The van der Waals surface area contributed by atoms with E-state index < -0.39 is 10.0 Å². The van der Waals surface area contributed by atoms with Crippen LogP contribution in [-0.2, 0) is 27.8 Å². The number of carbonyl (C=O) groups is 1. The third kappa shape index (κ3) is 4.49. The van der Waals surface area contributed by atoms with Crippen LogP contribution < -0.4 is 9.60 Å². The smallest absolute Gasteiger partial charge is 0.308 e. The molecule has 1 atom stereocenters. The van der Waals surface area contributed by atoms with Crippen LogP contribution in [0.1, 0.15) is 49.3 Å². The van der Waals surface area contributed by atoms with Crippen molar-refractivity contribution >= 4 is 37.5 Å². The molecule has 0 spiro atoms. The summed E-state index contributed by atoms with van der Waals surface area (Å²) in [6.07, 6.45) is 4.99. The number of hydrogen-bond acceptors (Lipinski definition) is 5. The molecule has 33 heavy (non-hydrogen) atoms. The van der Waals surface area contributed by atoms with Crippen LogP contribution in [0, 0.1) is 0 Å². The standard InChI is InChI=1S/C24H27N3O4S2/c28-23(26-13-3-4-14-26)12-15-27-21-11-10-18(16-22(21)32-24(27)29)33(30,31)25-20-9-5-7-17-6-1-2-8-19(17)20/h1-2,6,8,10-11,16,20,25H,3-5,7,9,12-15H2/t20-/m0/s1. The first-order valence-corrected chi connectivity index (χ1v) is 13.7. The molecular formula is C24H27N3O4S2. The highest BCUT2D eigenvalue weighted by Gasteiger charge is 2.26. The highest BCUT2D eigenvalue weighted by Crippen LogP contribution is 2.31. The molecule has 9 heteroatoms. The largest absolute Gasteiger partial charge is 0.343 e. The van der Waals surface area contributed by atoms with E-state index in [2.05, 4.69) is 10.8 Å². The van der Waals surface area contributed by atoms with E-state index >= 15 is 0 Å². The molecule has 174 valence electrons. The molecule has 1 N–H and O–H groups in total. The van der Waals surface area contributed by atoms with Gasteiger partial charge in [-0.3, -0.25) is 14.2 Å². The van der Waals surface area contributed by atoms with E-state index in [9.17, 15) is 18.0 Å². The summed E-state index contributed by atoms with van der Waals surface area (Å²) in [5.74, 6) is 0.0647. The monoisotopic (exact) mass is 485 g/mol. The number of aryl methyl sites for hydroxylation is 2. The molecule has 1 amide bonds. The number of benzene rings is 2. The van der Waals surface area contributed by atoms with Gasteiger partial charge in [0.15, 0.2) is 0 Å². The summed E-state index contributed by atoms with van der Waals surface area (Å²) in [5, 5.41) is 0. The van der Waals surface area contributed by atoms with Crippen LogP contribution in [0.25, 0.3) is 10.2 Å². The number of aromatic nitrogens is 1. The van der Waals surface area contributed by atoms with E-state index in [4.69, 9.17) is 0 Å². The summed E-state index contributed by atoms with van der Waals surface area (Å²) in [5.41, 5.74) is 2.89. The highest BCUT2D eigenvalue weighted by atomic mass is 32.2. The van der Waals surface area contributed by atoms with Crippen molar-refractivity contribution in [1.82, 2.24) is 14.2 Å². The zero-order valence-electron chi connectivity index (χ0n) is 18.3. The normalized spacial score (nSPS) is 18.5. The third-order valence-electron chi connectivity index (χ3n) is 6.62. The molecule has 1 aromatic heterocycles. The van der Waals surface area contributed by atoms with Crippen LogP contribution in [0.15, 0.2) is 52.2 Å². The van der Waals surface area contributed by atoms with Crippen molar-refractivity contribution in [1.29, 1.82) is 0 Å². The minimum Gasteiger partial charge on any atom is -0.343 e. The number of nitrogens with zero attached hydrogens (tertiary/aromatic N) is 2. The lowest BCUT2D eigenvalue weighted by molar-refractivity contribution is -0.130. The van der Waals surface area contributed by atoms with Crippen LogP contribution in [0.2, 0.25) is 0 Å². The molecule has 3 aromatic rings. The Morgan fingerprint density at radius 3 is 2.70 bits per heavy atom. The number of likely N-dealkylation sites (tertiary alicyclic amines) is 1. The van der Waals surface area contributed by atoms with Crippen molar-refractivity contribution in [2.75, 3.05) is 13.1 Å². The summed E-state index contributed by atoms with van der Waals surface area (Å²) in [4.78, 5) is 26.8. The first kappa shape index (κ1) is 22.3. The van der Waals surface area contributed by atoms with Crippen molar-refractivity contribution in [2.45, 2.75) is 56.0 Å². The van der Waals surface area contributed by atoms with Gasteiger partial charge in [0.2, 0.25) is 15.9 Å². The molecule has 1 aliphatic carbocycles. The fraction of sp³-hybridized carbons (Fsp3) is 0.417. The van der Waals surface area contributed by atoms with E-state index in [1.165, 1.54) is 5.56 Å². The zero-order valence-corrected chi connectivity index (χ0v) is 20.0. The van der Waals surface area contributed by atoms with Crippen LogP contribution in [-0.4, -0.2) is 36.9 Å². The van der Waals surface area contributed by atoms with E-state index in [0.29, 0.717) is 16.8 Å². The number of carbonyl (C=O) groups excluding carboxylic acids is 1. The minimum absolute atomic E-state index is 0.0647. The molecule has 0 bridgehead atoms. The Morgan fingerprint density at radius 1 is 1.09 bits per heavy atom. The molecule has 1 saturated heterocycles. The lowest BCUT2D eigenvalue weighted by Crippen LogP contribution is -2.31. The predicted molar refractivity (Wildman–Crippen MR) is 129 cm³/mol. The van der Waals surface area contributed by atoms with E-state index in [1.54, 1.807) is 22.8 Å². The highest BCUT2D eigenvalue weighted by molar-refractivity contribution is 7.89. The van der Waals surface area contributed by atoms with Gasteiger partial charge in [-0.15, -0.1) is 0 Å². The quantitative estimate of drug-likeness (QED) is 0.579. The topological polar surface area (TPSA) is 88.5 Å². The van der Waals surface area contributed by atoms with Gasteiger partial charge in [-0.05, 0) is 61.4 Å². The van der Waals surface area contributed by atoms with Crippen LogP contribution >= 0.6 is 11.3 Å². The Labute approximate surface area is 197 Å². The zero-order chi connectivity index (χ0) is 23.0. The van der Waals surface area contributed by atoms with Crippen molar-refractivity contribution < 1.29 is 13.2 Å². The Kier molecular flexibility index (Phi) is 6.11. The first-order chi connectivity index (χ1) is 15.9.